The highest BCUT2D eigenvalue weighted by Crippen LogP contribution is 2.13. The second-order valence-corrected chi connectivity index (χ2v) is 4.90. The van der Waals surface area contributed by atoms with E-state index < -0.39 is 0 Å². The Morgan fingerprint density at radius 2 is 2.40 bits per heavy atom. The lowest BCUT2D eigenvalue weighted by molar-refractivity contribution is 0.0624. The van der Waals surface area contributed by atoms with Gasteiger partial charge >= 0.3 is 0 Å². The Hall–Kier alpha value is -1.83. The van der Waals surface area contributed by atoms with Crippen molar-refractivity contribution in [3.05, 3.63) is 34.9 Å². The highest BCUT2D eigenvalue weighted by molar-refractivity contribution is 5.97. The maximum atomic E-state index is 12.4. The maximum absolute atomic E-state index is 12.4. The Morgan fingerprint density at radius 1 is 1.55 bits per heavy atom. The molecule has 0 aliphatic carbocycles. The summed E-state index contributed by atoms with van der Waals surface area (Å²) in [5.74, 6) is 5.27. The van der Waals surface area contributed by atoms with E-state index in [1.807, 2.05) is 25.1 Å². The van der Waals surface area contributed by atoms with Crippen LogP contribution in [-0.4, -0.2) is 36.9 Å². The van der Waals surface area contributed by atoms with Crippen LogP contribution in [0, 0.1) is 18.8 Å². The van der Waals surface area contributed by atoms with E-state index in [0.717, 1.165) is 25.0 Å². The van der Waals surface area contributed by atoms with E-state index in [1.54, 1.807) is 0 Å². The van der Waals surface area contributed by atoms with E-state index in [2.05, 4.69) is 17.2 Å². The largest absolute Gasteiger partial charge is 0.384 e. The summed E-state index contributed by atoms with van der Waals surface area (Å²) in [6.45, 7) is 3.05. The van der Waals surface area contributed by atoms with Gasteiger partial charge in [0.2, 0.25) is 0 Å². The van der Waals surface area contributed by atoms with Gasteiger partial charge in [0.05, 0.1) is 18.2 Å². The number of aliphatic hydroxyl groups is 1. The molecule has 0 bridgehead atoms. The van der Waals surface area contributed by atoms with Gasteiger partial charge < -0.3 is 15.2 Å². The molecule has 1 unspecified atom stereocenters. The molecule has 1 atom stereocenters. The summed E-state index contributed by atoms with van der Waals surface area (Å²) >= 11 is 0. The molecular formula is C16H19NO3. The lowest BCUT2D eigenvalue weighted by Crippen LogP contribution is -2.40. The number of aryl methyl sites for hydroxylation is 1. The molecule has 1 fully saturated rings. The van der Waals surface area contributed by atoms with Gasteiger partial charge in [-0.2, -0.15) is 0 Å². The molecule has 1 aliphatic heterocycles. The molecule has 0 radical (unpaired) electrons. The fourth-order valence-corrected chi connectivity index (χ4v) is 2.21. The van der Waals surface area contributed by atoms with Crippen LogP contribution >= 0.6 is 0 Å². The van der Waals surface area contributed by atoms with E-state index in [9.17, 15) is 4.79 Å². The third-order valence-electron chi connectivity index (χ3n) is 3.22. The molecule has 1 saturated heterocycles. The molecule has 4 nitrogen and oxygen atoms in total. The molecule has 1 amide bonds. The molecule has 20 heavy (non-hydrogen) atoms. The first kappa shape index (κ1) is 14.6. The number of ether oxygens (including phenoxy) is 1. The van der Waals surface area contributed by atoms with E-state index in [4.69, 9.17) is 9.84 Å². The molecule has 2 rings (SSSR count). The summed E-state index contributed by atoms with van der Waals surface area (Å²) in [5, 5.41) is 11.8. The summed E-state index contributed by atoms with van der Waals surface area (Å²) in [6, 6.07) is 5.60. The zero-order valence-electron chi connectivity index (χ0n) is 11.6. The number of amides is 1. The monoisotopic (exact) mass is 273 g/mol. The lowest BCUT2D eigenvalue weighted by atomic mass is 10.0. The van der Waals surface area contributed by atoms with Crippen LogP contribution in [0.1, 0.15) is 34.3 Å². The average Bonchev–Trinajstić information content (AvgIpc) is 2.47. The van der Waals surface area contributed by atoms with Crippen LogP contribution in [0.4, 0.5) is 0 Å². The van der Waals surface area contributed by atoms with Gasteiger partial charge in [0, 0.05) is 12.2 Å². The molecule has 106 valence electrons. The third kappa shape index (κ3) is 3.83. The van der Waals surface area contributed by atoms with Crippen LogP contribution < -0.4 is 5.32 Å². The van der Waals surface area contributed by atoms with Crippen LogP contribution in [-0.2, 0) is 4.74 Å². The Bertz CT molecular complexity index is 536. The molecule has 0 spiro atoms. The molecule has 0 aromatic heterocycles. The van der Waals surface area contributed by atoms with Crippen molar-refractivity contribution in [1.82, 2.24) is 5.32 Å². The number of nitrogens with one attached hydrogen (secondary N) is 1. The van der Waals surface area contributed by atoms with Crippen molar-refractivity contribution in [2.45, 2.75) is 25.8 Å². The van der Waals surface area contributed by atoms with Gasteiger partial charge in [-0.05, 0) is 31.9 Å². The molecule has 1 aromatic carbocycles. The standard InChI is InChI=1S/C16H19NO3/c1-12-6-7-13(4-2-8-18)15(10-12)16(19)17-14-5-3-9-20-11-14/h6-7,10,14,18H,3,5,8-9,11H2,1H3,(H,17,19). The van der Waals surface area contributed by atoms with Crippen molar-refractivity contribution >= 4 is 5.91 Å². The first-order chi connectivity index (χ1) is 9.70. The van der Waals surface area contributed by atoms with E-state index in [-0.39, 0.29) is 18.6 Å². The van der Waals surface area contributed by atoms with Crippen molar-refractivity contribution < 1.29 is 14.6 Å². The SMILES string of the molecule is Cc1ccc(C#CCO)c(C(=O)NC2CCCOC2)c1. The van der Waals surface area contributed by atoms with Crippen LogP contribution in [0.15, 0.2) is 18.2 Å². The van der Waals surface area contributed by atoms with Gasteiger partial charge in [0.1, 0.15) is 6.61 Å². The highest BCUT2D eigenvalue weighted by atomic mass is 16.5. The van der Waals surface area contributed by atoms with Crippen molar-refractivity contribution in [1.29, 1.82) is 0 Å². The summed E-state index contributed by atoms with van der Waals surface area (Å²) < 4.78 is 5.36. The van der Waals surface area contributed by atoms with Gasteiger partial charge in [0.25, 0.3) is 5.91 Å². The first-order valence-electron chi connectivity index (χ1n) is 6.79. The maximum Gasteiger partial charge on any atom is 0.252 e. The third-order valence-corrected chi connectivity index (χ3v) is 3.22. The number of carbonyl (C=O) groups is 1. The normalized spacial score (nSPS) is 18.0. The molecule has 4 heteroatoms. The molecule has 0 saturated carbocycles. The van der Waals surface area contributed by atoms with Crippen molar-refractivity contribution in [2.24, 2.45) is 0 Å². The van der Waals surface area contributed by atoms with Crippen LogP contribution in [0.2, 0.25) is 0 Å². The van der Waals surface area contributed by atoms with Gasteiger partial charge in [0.15, 0.2) is 0 Å². The lowest BCUT2D eigenvalue weighted by Gasteiger charge is -2.23. The number of benzene rings is 1. The molecule has 1 heterocycles. The van der Waals surface area contributed by atoms with E-state index in [1.165, 1.54) is 0 Å². The van der Waals surface area contributed by atoms with Crippen LogP contribution in [0.3, 0.4) is 0 Å². The summed E-state index contributed by atoms with van der Waals surface area (Å²) in [5.41, 5.74) is 2.19. The topological polar surface area (TPSA) is 58.6 Å². The number of rotatable bonds is 2. The fraction of sp³-hybridized carbons (Fsp3) is 0.438. The van der Waals surface area contributed by atoms with Crippen molar-refractivity contribution in [2.75, 3.05) is 19.8 Å². The number of carbonyl (C=O) groups excluding carboxylic acids is 1. The van der Waals surface area contributed by atoms with E-state index >= 15 is 0 Å². The first-order valence-corrected chi connectivity index (χ1v) is 6.79. The quantitative estimate of drug-likeness (QED) is 0.797. The molecular weight excluding hydrogens is 254 g/mol. The average molecular weight is 273 g/mol. The Balaban J connectivity index is 2.16. The summed E-state index contributed by atoms with van der Waals surface area (Å²) in [7, 11) is 0. The second-order valence-electron chi connectivity index (χ2n) is 4.90. The van der Waals surface area contributed by atoms with Crippen LogP contribution in [0.25, 0.3) is 0 Å². The minimum atomic E-state index is -0.217. The summed E-state index contributed by atoms with van der Waals surface area (Å²) in [6.07, 6.45) is 1.91. The van der Waals surface area contributed by atoms with Crippen molar-refractivity contribution in [3.8, 4) is 11.8 Å². The van der Waals surface area contributed by atoms with Crippen molar-refractivity contribution in [3.63, 3.8) is 0 Å². The molecule has 2 N–H and O–H groups in total. The summed E-state index contributed by atoms with van der Waals surface area (Å²) in [4.78, 5) is 12.4. The zero-order valence-corrected chi connectivity index (χ0v) is 11.6. The predicted molar refractivity (Wildman–Crippen MR) is 76.5 cm³/mol. The smallest absolute Gasteiger partial charge is 0.252 e. The number of aliphatic hydroxyl groups excluding tert-OH is 1. The Morgan fingerprint density at radius 3 is 3.10 bits per heavy atom. The highest BCUT2D eigenvalue weighted by Gasteiger charge is 2.18. The molecule has 1 aliphatic rings. The van der Waals surface area contributed by atoms with Crippen LogP contribution in [0.5, 0.6) is 0 Å². The minimum Gasteiger partial charge on any atom is -0.384 e. The second kappa shape index (κ2) is 7.09. The van der Waals surface area contributed by atoms with Gasteiger partial charge in [-0.3, -0.25) is 4.79 Å². The van der Waals surface area contributed by atoms with Gasteiger partial charge in [-0.25, -0.2) is 0 Å². The number of hydrogen-bond donors (Lipinski definition) is 2. The Kier molecular flexibility index (Phi) is 5.16. The fourth-order valence-electron chi connectivity index (χ4n) is 2.21. The Labute approximate surface area is 119 Å². The zero-order chi connectivity index (χ0) is 14.4. The number of hydrogen-bond acceptors (Lipinski definition) is 3. The van der Waals surface area contributed by atoms with E-state index in [0.29, 0.717) is 17.7 Å². The minimum absolute atomic E-state index is 0.0652. The van der Waals surface area contributed by atoms with Gasteiger partial charge in [-0.1, -0.05) is 23.5 Å². The van der Waals surface area contributed by atoms with Gasteiger partial charge in [-0.15, -0.1) is 0 Å². The molecule has 1 aromatic rings. The predicted octanol–water partition coefficient (Wildman–Crippen LogP) is 1.25.